The smallest absolute Gasteiger partial charge is 0.263 e. The zero-order chi connectivity index (χ0) is 18.1. The van der Waals surface area contributed by atoms with Crippen LogP contribution in [-0.4, -0.2) is 71.0 Å². The second-order valence-electron chi connectivity index (χ2n) is 7.29. The highest BCUT2D eigenvalue weighted by Crippen LogP contribution is 2.37. The Morgan fingerprint density at radius 2 is 1.73 bits per heavy atom. The van der Waals surface area contributed by atoms with Gasteiger partial charge in [-0.3, -0.25) is 14.4 Å². The molecule has 0 aromatic carbocycles. The molecule has 1 aromatic rings. The van der Waals surface area contributed by atoms with Gasteiger partial charge in [0.2, 0.25) is 5.91 Å². The minimum Gasteiger partial charge on any atom is -0.378 e. The van der Waals surface area contributed by atoms with Crippen molar-refractivity contribution in [2.45, 2.75) is 31.6 Å². The van der Waals surface area contributed by atoms with E-state index in [1.807, 2.05) is 4.90 Å². The van der Waals surface area contributed by atoms with Gasteiger partial charge < -0.3 is 19.5 Å². The van der Waals surface area contributed by atoms with Crippen LogP contribution in [0.25, 0.3) is 0 Å². The molecule has 0 radical (unpaired) electrons. The number of hydrogen-bond donors (Lipinski definition) is 1. The molecule has 2 aliphatic heterocycles. The van der Waals surface area contributed by atoms with Gasteiger partial charge in [-0.2, -0.15) is 0 Å². The minimum absolute atomic E-state index is 0.0502. The Balaban J connectivity index is 1.36. The number of hydrogen-bond acceptors (Lipinski definition) is 5. The number of nitrogens with zero attached hydrogens (tertiary/aromatic N) is 3. The monoisotopic (exact) mass is 360 g/mol. The summed E-state index contributed by atoms with van der Waals surface area (Å²) in [5, 5.41) is 0. The third-order valence-electron chi connectivity index (χ3n) is 5.47. The van der Waals surface area contributed by atoms with E-state index in [2.05, 4.69) is 9.97 Å². The first-order valence-electron chi connectivity index (χ1n) is 9.38. The molecule has 1 saturated carbocycles. The predicted molar refractivity (Wildman–Crippen MR) is 92.9 cm³/mol. The average Bonchev–Trinajstić information content (AvgIpc) is 3.53. The predicted octanol–water partition coefficient (Wildman–Crippen LogP) is 0.358. The second kappa shape index (κ2) is 7.19. The summed E-state index contributed by atoms with van der Waals surface area (Å²) in [6.45, 7) is 3.46. The number of H-pyrrole nitrogens is 1. The number of likely N-dealkylation sites (tertiary alicyclic amines) is 1. The summed E-state index contributed by atoms with van der Waals surface area (Å²) in [5.74, 6) is 0.841. The molecule has 3 aliphatic rings. The lowest BCUT2D eigenvalue weighted by molar-refractivity contribution is -0.141. The topological polar surface area (TPSA) is 95.6 Å². The summed E-state index contributed by atoms with van der Waals surface area (Å²) >= 11 is 0. The fraction of sp³-hybridized carbons (Fsp3) is 0.667. The van der Waals surface area contributed by atoms with Crippen LogP contribution in [0.15, 0.2) is 11.0 Å². The van der Waals surface area contributed by atoms with E-state index in [0.717, 1.165) is 12.8 Å². The lowest BCUT2D eigenvalue weighted by Gasteiger charge is -2.35. The van der Waals surface area contributed by atoms with Crippen LogP contribution < -0.4 is 5.56 Å². The van der Waals surface area contributed by atoms with E-state index in [-0.39, 0.29) is 28.9 Å². The molecule has 140 valence electrons. The molecule has 1 aromatic heterocycles. The fourth-order valence-corrected chi connectivity index (χ4v) is 3.67. The van der Waals surface area contributed by atoms with E-state index in [4.69, 9.17) is 4.74 Å². The van der Waals surface area contributed by atoms with Crippen LogP contribution in [0, 0.1) is 5.92 Å². The summed E-state index contributed by atoms with van der Waals surface area (Å²) in [6, 6.07) is 0. The molecule has 3 fully saturated rings. The Bertz CT molecular complexity index is 744. The molecular weight excluding hydrogens is 336 g/mol. The van der Waals surface area contributed by atoms with Gasteiger partial charge in [0.1, 0.15) is 11.4 Å². The highest BCUT2D eigenvalue weighted by atomic mass is 16.5. The number of nitrogens with one attached hydrogen (secondary N) is 1. The molecular formula is C18H24N4O4. The summed E-state index contributed by atoms with van der Waals surface area (Å²) in [6.07, 6.45) is 4.75. The van der Waals surface area contributed by atoms with Crippen molar-refractivity contribution in [2.24, 2.45) is 5.92 Å². The molecule has 0 bridgehead atoms. The van der Waals surface area contributed by atoms with Crippen LogP contribution in [-0.2, 0) is 9.53 Å². The van der Waals surface area contributed by atoms with Gasteiger partial charge in [0, 0.05) is 44.2 Å². The molecule has 0 unspecified atom stereocenters. The molecule has 26 heavy (non-hydrogen) atoms. The zero-order valence-corrected chi connectivity index (χ0v) is 14.8. The van der Waals surface area contributed by atoms with Crippen molar-refractivity contribution in [2.75, 3.05) is 39.4 Å². The van der Waals surface area contributed by atoms with E-state index >= 15 is 0 Å². The zero-order valence-electron chi connectivity index (χ0n) is 14.8. The summed E-state index contributed by atoms with van der Waals surface area (Å²) < 4.78 is 5.29. The number of morpholine rings is 1. The molecule has 3 heterocycles. The summed E-state index contributed by atoms with van der Waals surface area (Å²) in [7, 11) is 0. The first-order chi connectivity index (χ1) is 12.6. The van der Waals surface area contributed by atoms with Gasteiger partial charge in [-0.1, -0.05) is 0 Å². The molecule has 8 nitrogen and oxygen atoms in total. The standard InChI is InChI=1S/C18H24N4O4/c23-16-14(11-19-15(20-16)12-1-2-12)18(25)21-5-3-13(4-6-21)17(24)22-7-9-26-10-8-22/h11-13H,1-10H2,(H,19,20,23). The van der Waals surface area contributed by atoms with Crippen LogP contribution in [0.5, 0.6) is 0 Å². The van der Waals surface area contributed by atoms with Gasteiger partial charge in [0.15, 0.2) is 0 Å². The fourth-order valence-electron chi connectivity index (χ4n) is 3.67. The number of amides is 2. The van der Waals surface area contributed by atoms with Gasteiger partial charge in [-0.15, -0.1) is 0 Å². The quantitative estimate of drug-likeness (QED) is 0.840. The van der Waals surface area contributed by atoms with Crippen LogP contribution in [0.2, 0.25) is 0 Å². The van der Waals surface area contributed by atoms with E-state index in [1.54, 1.807) is 4.90 Å². The molecule has 0 spiro atoms. The highest BCUT2D eigenvalue weighted by molar-refractivity contribution is 5.93. The lowest BCUT2D eigenvalue weighted by atomic mass is 9.94. The number of carbonyl (C=O) groups excluding carboxylic acids is 2. The van der Waals surface area contributed by atoms with Gasteiger partial charge in [-0.25, -0.2) is 4.98 Å². The van der Waals surface area contributed by atoms with Crippen molar-refractivity contribution in [3.8, 4) is 0 Å². The normalized spacial score (nSPS) is 21.7. The molecule has 2 amide bonds. The summed E-state index contributed by atoms with van der Waals surface area (Å²) in [4.78, 5) is 47.9. The van der Waals surface area contributed by atoms with Crippen LogP contribution in [0.1, 0.15) is 47.8 Å². The number of aromatic amines is 1. The van der Waals surface area contributed by atoms with Gasteiger partial charge in [0.05, 0.1) is 13.2 Å². The maximum absolute atomic E-state index is 12.6. The van der Waals surface area contributed by atoms with Crippen molar-refractivity contribution in [1.82, 2.24) is 19.8 Å². The van der Waals surface area contributed by atoms with Gasteiger partial charge in [0.25, 0.3) is 11.5 Å². The Kier molecular flexibility index (Phi) is 4.76. The van der Waals surface area contributed by atoms with E-state index in [0.29, 0.717) is 64.0 Å². The van der Waals surface area contributed by atoms with Crippen molar-refractivity contribution >= 4 is 11.8 Å². The summed E-state index contributed by atoms with van der Waals surface area (Å²) in [5.41, 5.74) is -0.272. The van der Waals surface area contributed by atoms with Crippen molar-refractivity contribution in [3.63, 3.8) is 0 Å². The molecule has 0 atom stereocenters. The van der Waals surface area contributed by atoms with E-state index in [9.17, 15) is 14.4 Å². The van der Waals surface area contributed by atoms with Crippen LogP contribution in [0.3, 0.4) is 0 Å². The SMILES string of the molecule is O=C(c1cnc(C2CC2)[nH]c1=O)N1CCC(C(=O)N2CCOCC2)CC1. The Morgan fingerprint density at radius 1 is 1.04 bits per heavy atom. The van der Waals surface area contributed by atoms with Crippen LogP contribution in [0.4, 0.5) is 0 Å². The van der Waals surface area contributed by atoms with Gasteiger partial charge >= 0.3 is 0 Å². The first-order valence-corrected chi connectivity index (χ1v) is 9.38. The molecule has 8 heteroatoms. The van der Waals surface area contributed by atoms with Crippen LogP contribution >= 0.6 is 0 Å². The van der Waals surface area contributed by atoms with E-state index < -0.39 is 0 Å². The molecule has 1 aliphatic carbocycles. The van der Waals surface area contributed by atoms with E-state index in [1.165, 1.54) is 6.20 Å². The average molecular weight is 360 g/mol. The maximum Gasteiger partial charge on any atom is 0.263 e. The third-order valence-corrected chi connectivity index (χ3v) is 5.47. The van der Waals surface area contributed by atoms with Crippen molar-refractivity contribution < 1.29 is 14.3 Å². The van der Waals surface area contributed by atoms with Gasteiger partial charge in [-0.05, 0) is 25.7 Å². The maximum atomic E-state index is 12.6. The molecule has 1 N–H and O–H groups in total. The number of piperidine rings is 1. The lowest BCUT2D eigenvalue weighted by Crippen LogP contribution is -2.48. The third kappa shape index (κ3) is 3.51. The Hall–Kier alpha value is -2.22. The molecule has 2 saturated heterocycles. The largest absolute Gasteiger partial charge is 0.378 e. The number of aromatic nitrogens is 2. The Morgan fingerprint density at radius 3 is 2.35 bits per heavy atom. The Labute approximate surface area is 151 Å². The minimum atomic E-state index is -0.363. The number of ether oxygens (including phenoxy) is 1. The second-order valence-corrected chi connectivity index (χ2v) is 7.29. The molecule has 4 rings (SSSR count). The van der Waals surface area contributed by atoms with Crippen molar-refractivity contribution in [1.29, 1.82) is 0 Å². The highest BCUT2D eigenvalue weighted by Gasteiger charge is 2.32. The first kappa shape index (κ1) is 17.2. The number of carbonyl (C=O) groups is 2. The van der Waals surface area contributed by atoms with Crippen molar-refractivity contribution in [3.05, 3.63) is 27.9 Å². The number of rotatable bonds is 3.